The molecule has 2 nitrogen and oxygen atoms in total. The lowest BCUT2D eigenvalue weighted by Crippen LogP contribution is -2.29. The molecule has 3 aromatic rings. The Hall–Kier alpha value is -2.87. The molecule has 3 unspecified atom stereocenters. The molecule has 1 N–H and O–H groups in total. The molecule has 128 valence electrons. The van der Waals surface area contributed by atoms with Gasteiger partial charge in [-0.25, -0.2) is 0 Å². The van der Waals surface area contributed by atoms with Crippen molar-refractivity contribution in [3.63, 3.8) is 0 Å². The van der Waals surface area contributed by atoms with E-state index in [9.17, 15) is 4.79 Å². The van der Waals surface area contributed by atoms with Crippen molar-refractivity contribution in [2.24, 2.45) is 5.92 Å². The van der Waals surface area contributed by atoms with Crippen molar-refractivity contribution in [3.8, 4) is 0 Å². The van der Waals surface area contributed by atoms with Gasteiger partial charge in [-0.3, -0.25) is 4.79 Å². The summed E-state index contributed by atoms with van der Waals surface area (Å²) in [6.07, 6.45) is 5.68. The molecule has 1 aliphatic carbocycles. The lowest BCUT2D eigenvalue weighted by atomic mass is 9.76. The molecule has 0 amide bonds. The summed E-state index contributed by atoms with van der Waals surface area (Å²) in [6, 6.07) is 21.7. The summed E-state index contributed by atoms with van der Waals surface area (Å²) in [5.41, 5.74) is 4.55. The van der Waals surface area contributed by atoms with Crippen LogP contribution in [-0.4, -0.2) is 5.78 Å². The van der Waals surface area contributed by atoms with E-state index in [1.54, 1.807) is 6.92 Å². The Balaban J connectivity index is 1.59. The van der Waals surface area contributed by atoms with Gasteiger partial charge in [0.2, 0.25) is 0 Å². The number of rotatable bonds is 2. The Morgan fingerprint density at radius 3 is 2.69 bits per heavy atom. The number of nitrogens with one attached hydrogen (secondary N) is 1. The van der Waals surface area contributed by atoms with Crippen LogP contribution in [-0.2, 0) is 0 Å². The highest BCUT2D eigenvalue weighted by Crippen LogP contribution is 2.50. The molecule has 3 aromatic carbocycles. The third-order valence-corrected chi connectivity index (χ3v) is 5.90. The predicted octanol–water partition coefficient (Wildman–Crippen LogP) is 5.87. The van der Waals surface area contributed by atoms with Gasteiger partial charge in [-0.1, -0.05) is 48.6 Å². The van der Waals surface area contributed by atoms with Gasteiger partial charge in [0, 0.05) is 17.2 Å². The molecule has 26 heavy (non-hydrogen) atoms. The fourth-order valence-corrected chi connectivity index (χ4v) is 4.54. The van der Waals surface area contributed by atoms with Crippen LogP contribution >= 0.6 is 0 Å². The van der Waals surface area contributed by atoms with Crippen molar-refractivity contribution >= 4 is 22.2 Å². The number of hydrogen-bond donors (Lipinski definition) is 1. The predicted molar refractivity (Wildman–Crippen MR) is 107 cm³/mol. The summed E-state index contributed by atoms with van der Waals surface area (Å²) in [6.45, 7) is 1.64. The number of carbonyl (C=O) groups excluding carboxylic acids is 1. The Labute approximate surface area is 153 Å². The number of benzene rings is 3. The topological polar surface area (TPSA) is 29.1 Å². The third kappa shape index (κ3) is 2.37. The van der Waals surface area contributed by atoms with Crippen molar-refractivity contribution in [2.45, 2.75) is 25.3 Å². The highest BCUT2D eigenvalue weighted by Gasteiger charge is 2.38. The van der Waals surface area contributed by atoms with Gasteiger partial charge in [-0.15, -0.1) is 0 Å². The van der Waals surface area contributed by atoms with E-state index in [0.717, 1.165) is 17.7 Å². The van der Waals surface area contributed by atoms with Gasteiger partial charge in [0.05, 0.1) is 6.04 Å². The van der Waals surface area contributed by atoms with E-state index >= 15 is 0 Å². The number of Topliss-reactive ketones (excluding diaryl/α,β-unsaturated/α-hetero) is 1. The smallest absolute Gasteiger partial charge is 0.159 e. The maximum Gasteiger partial charge on any atom is 0.159 e. The third-order valence-electron chi connectivity index (χ3n) is 5.90. The van der Waals surface area contributed by atoms with E-state index in [4.69, 9.17) is 0 Å². The molecular weight excluding hydrogens is 318 g/mol. The van der Waals surface area contributed by atoms with Crippen LogP contribution in [0.1, 0.15) is 46.8 Å². The van der Waals surface area contributed by atoms with Crippen LogP contribution in [0.2, 0.25) is 0 Å². The van der Waals surface area contributed by atoms with Crippen molar-refractivity contribution in [2.75, 3.05) is 5.32 Å². The summed E-state index contributed by atoms with van der Waals surface area (Å²) >= 11 is 0. The first kappa shape index (κ1) is 15.4. The maximum absolute atomic E-state index is 11.8. The number of fused-ring (bicyclic) bond motifs is 4. The van der Waals surface area contributed by atoms with E-state index in [-0.39, 0.29) is 11.8 Å². The van der Waals surface area contributed by atoms with E-state index in [1.165, 1.54) is 21.9 Å². The SMILES string of the molecule is CC(=O)c1ccc2c(c1)C1C=CCC1C(c1ccc3ccccc3c1)N2. The fourth-order valence-electron chi connectivity index (χ4n) is 4.54. The monoisotopic (exact) mass is 339 g/mol. The number of hydrogen-bond acceptors (Lipinski definition) is 2. The molecule has 2 aliphatic rings. The van der Waals surface area contributed by atoms with E-state index < -0.39 is 0 Å². The molecule has 0 fully saturated rings. The zero-order valence-corrected chi connectivity index (χ0v) is 14.8. The second-order valence-corrected chi connectivity index (χ2v) is 7.44. The Kier molecular flexibility index (Phi) is 3.46. The van der Waals surface area contributed by atoms with Crippen LogP contribution < -0.4 is 5.32 Å². The fraction of sp³-hybridized carbons (Fsp3) is 0.208. The molecule has 0 spiro atoms. The number of allylic oxidation sites excluding steroid dienone is 2. The molecule has 2 heteroatoms. The normalized spacial score (nSPS) is 23.3. The average molecular weight is 339 g/mol. The summed E-state index contributed by atoms with van der Waals surface area (Å²) in [5, 5.41) is 6.33. The molecule has 0 bridgehead atoms. The van der Waals surface area contributed by atoms with Gasteiger partial charge in [0.1, 0.15) is 0 Å². The molecule has 0 radical (unpaired) electrons. The van der Waals surface area contributed by atoms with Gasteiger partial charge < -0.3 is 5.32 Å². The molecular formula is C24H21NO. The number of carbonyl (C=O) groups is 1. The lowest BCUT2D eigenvalue weighted by molar-refractivity contribution is 0.101. The lowest BCUT2D eigenvalue weighted by Gasteiger charge is -2.37. The summed E-state index contributed by atoms with van der Waals surface area (Å²) < 4.78 is 0. The van der Waals surface area contributed by atoms with E-state index in [2.05, 4.69) is 72.1 Å². The minimum atomic E-state index is 0.128. The summed E-state index contributed by atoms with van der Waals surface area (Å²) in [7, 11) is 0. The van der Waals surface area contributed by atoms with Gasteiger partial charge in [-0.2, -0.15) is 0 Å². The van der Waals surface area contributed by atoms with Crippen LogP contribution in [0.3, 0.4) is 0 Å². The average Bonchev–Trinajstić information content (AvgIpc) is 3.16. The standard InChI is InChI=1S/C24H21NO/c1-15(26)17-11-12-23-22(14-17)20-7-4-8-21(20)24(25-23)19-10-9-16-5-2-3-6-18(16)13-19/h2-7,9-14,20-21,24-25H,8H2,1H3. The Bertz CT molecular complexity index is 1050. The zero-order chi connectivity index (χ0) is 17.7. The van der Waals surface area contributed by atoms with Crippen molar-refractivity contribution in [3.05, 3.63) is 89.5 Å². The minimum Gasteiger partial charge on any atom is -0.378 e. The summed E-state index contributed by atoms with van der Waals surface area (Å²) in [5.74, 6) is 0.996. The van der Waals surface area contributed by atoms with Gasteiger partial charge in [-0.05, 0) is 65.4 Å². The highest BCUT2D eigenvalue weighted by molar-refractivity contribution is 5.95. The van der Waals surface area contributed by atoms with Crippen LogP contribution in [0.4, 0.5) is 5.69 Å². The van der Waals surface area contributed by atoms with Crippen molar-refractivity contribution in [1.82, 2.24) is 0 Å². The number of ketones is 1. The molecule has 1 heterocycles. The van der Waals surface area contributed by atoms with Crippen molar-refractivity contribution in [1.29, 1.82) is 0 Å². The largest absolute Gasteiger partial charge is 0.378 e. The quantitative estimate of drug-likeness (QED) is 0.467. The molecule has 0 saturated heterocycles. The maximum atomic E-state index is 11.8. The van der Waals surface area contributed by atoms with Crippen LogP contribution in [0, 0.1) is 5.92 Å². The first-order chi connectivity index (χ1) is 12.7. The molecule has 3 atom stereocenters. The van der Waals surface area contributed by atoms with Crippen LogP contribution in [0.15, 0.2) is 72.8 Å². The van der Waals surface area contributed by atoms with E-state index in [0.29, 0.717) is 11.8 Å². The molecule has 5 rings (SSSR count). The zero-order valence-electron chi connectivity index (χ0n) is 14.8. The van der Waals surface area contributed by atoms with Gasteiger partial charge >= 0.3 is 0 Å². The first-order valence-electron chi connectivity index (χ1n) is 9.27. The summed E-state index contributed by atoms with van der Waals surface area (Å²) in [4.78, 5) is 11.8. The van der Waals surface area contributed by atoms with E-state index in [1.807, 2.05) is 6.07 Å². The van der Waals surface area contributed by atoms with Crippen molar-refractivity contribution < 1.29 is 4.79 Å². The minimum absolute atomic E-state index is 0.128. The number of anilines is 1. The highest BCUT2D eigenvalue weighted by atomic mass is 16.1. The van der Waals surface area contributed by atoms with Gasteiger partial charge in [0.25, 0.3) is 0 Å². The Morgan fingerprint density at radius 1 is 1.00 bits per heavy atom. The molecule has 1 aliphatic heterocycles. The molecule has 0 aromatic heterocycles. The van der Waals surface area contributed by atoms with Gasteiger partial charge in [0.15, 0.2) is 5.78 Å². The molecule has 0 saturated carbocycles. The van der Waals surface area contributed by atoms with Crippen LogP contribution in [0.25, 0.3) is 10.8 Å². The first-order valence-corrected chi connectivity index (χ1v) is 9.27. The van der Waals surface area contributed by atoms with Crippen LogP contribution in [0.5, 0.6) is 0 Å². The second kappa shape index (κ2) is 5.84. The Morgan fingerprint density at radius 2 is 1.85 bits per heavy atom. The second-order valence-electron chi connectivity index (χ2n) is 7.44.